The molecule has 1 aliphatic rings. The number of rotatable bonds is 8. The van der Waals surface area contributed by atoms with Crippen LogP contribution < -0.4 is 15.2 Å². The van der Waals surface area contributed by atoms with Gasteiger partial charge in [0.15, 0.2) is 11.5 Å². The summed E-state index contributed by atoms with van der Waals surface area (Å²) in [6.07, 6.45) is 0. The van der Waals surface area contributed by atoms with Crippen LogP contribution in [0.2, 0.25) is 0 Å². The molecule has 2 N–H and O–H groups in total. The van der Waals surface area contributed by atoms with Gasteiger partial charge < -0.3 is 20.1 Å². The van der Waals surface area contributed by atoms with E-state index in [1.165, 1.54) is 5.56 Å². The van der Waals surface area contributed by atoms with Gasteiger partial charge in [-0.3, -0.25) is 9.69 Å². The topological polar surface area (TPSA) is 68.0 Å². The van der Waals surface area contributed by atoms with Gasteiger partial charge in [0, 0.05) is 32.6 Å². The van der Waals surface area contributed by atoms with Gasteiger partial charge in [-0.1, -0.05) is 36.4 Å². The van der Waals surface area contributed by atoms with Crippen molar-refractivity contribution in [1.29, 1.82) is 0 Å². The number of carbonyl (C=O) groups excluding carboxylic acids is 1. The van der Waals surface area contributed by atoms with Gasteiger partial charge in [0.25, 0.3) is 0 Å². The quantitative estimate of drug-likeness (QED) is 0.741. The molecule has 6 heteroatoms. The molecule has 0 aliphatic carbocycles. The van der Waals surface area contributed by atoms with E-state index in [-0.39, 0.29) is 5.91 Å². The normalized spacial score (nSPS) is 19.2. The monoisotopic (exact) mass is 397 g/mol. The summed E-state index contributed by atoms with van der Waals surface area (Å²) in [5, 5.41) is 0. The number of nitrogens with zero attached hydrogens (tertiary/aromatic N) is 2. The molecule has 1 fully saturated rings. The smallest absolute Gasteiger partial charge is 0.236 e. The number of methoxy groups -OCH3 is 2. The molecule has 29 heavy (non-hydrogen) atoms. The standard InChI is InChI=1S/C23H31N3O3/c1-25(13-17-9-10-21(28-2)22(11-17)29-3)23(27)16-26-14-19(12-24)20(15-26)18-7-5-4-6-8-18/h4-11,19-20H,12-16,24H2,1-3H3/t19-,20+/m1/s1. The second kappa shape index (κ2) is 9.76. The minimum atomic E-state index is 0.101. The minimum absolute atomic E-state index is 0.101. The van der Waals surface area contributed by atoms with Gasteiger partial charge in [0.1, 0.15) is 0 Å². The highest BCUT2D eigenvalue weighted by Crippen LogP contribution is 2.32. The molecule has 0 unspecified atom stereocenters. The lowest BCUT2D eigenvalue weighted by atomic mass is 9.89. The molecule has 0 aromatic heterocycles. The van der Waals surface area contributed by atoms with E-state index in [1.54, 1.807) is 19.1 Å². The van der Waals surface area contributed by atoms with Crippen molar-refractivity contribution in [3.05, 3.63) is 59.7 Å². The highest BCUT2D eigenvalue weighted by Gasteiger charge is 2.33. The average molecular weight is 398 g/mol. The molecule has 2 atom stereocenters. The van der Waals surface area contributed by atoms with Crippen molar-refractivity contribution in [2.24, 2.45) is 11.7 Å². The number of likely N-dealkylation sites (N-methyl/N-ethyl adjacent to an activating group) is 1. The molecule has 2 aromatic carbocycles. The van der Waals surface area contributed by atoms with Crippen LogP contribution in [-0.2, 0) is 11.3 Å². The van der Waals surface area contributed by atoms with Crippen LogP contribution in [0.1, 0.15) is 17.0 Å². The van der Waals surface area contributed by atoms with E-state index in [0.29, 0.717) is 43.0 Å². The van der Waals surface area contributed by atoms with Crippen molar-refractivity contribution >= 4 is 5.91 Å². The Kier molecular flexibility index (Phi) is 7.12. The molecule has 156 valence electrons. The molecule has 3 rings (SSSR count). The second-order valence-corrected chi connectivity index (χ2v) is 7.65. The lowest BCUT2D eigenvalue weighted by Gasteiger charge is -2.22. The SMILES string of the molecule is COc1ccc(CN(C)C(=O)CN2C[C@@H](CN)[C@H](c3ccccc3)C2)cc1OC. The number of hydrogen-bond donors (Lipinski definition) is 1. The van der Waals surface area contributed by atoms with E-state index in [1.807, 2.05) is 31.3 Å². The first-order chi connectivity index (χ1) is 14.0. The molecule has 0 bridgehead atoms. The van der Waals surface area contributed by atoms with Gasteiger partial charge in [-0.05, 0) is 35.7 Å². The van der Waals surface area contributed by atoms with Gasteiger partial charge in [0.2, 0.25) is 5.91 Å². The largest absolute Gasteiger partial charge is 0.493 e. The van der Waals surface area contributed by atoms with Gasteiger partial charge in [-0.15, -0.1) is 0 Å². The first-order valence-electron chi connectivity index (χ1n) is 9.98. The Morgan fingerprint density at radius 2 is 1.83 bits per heavy atom. The maximum absolute atomic E-state index is 12.8. The van der Waals surface area contributed by atoms with Crippen molar-refractivity contribution in [2.75, 3.05) is 47.4 Å². The van der Waals surface area contributed by atoms with Gasteiger partial charge in [-0.25, -0.2) is 0 Å². The number of likely N-dealkylation sites (tertiary alicyclic amines) is 1. The summed E-state index contributed by atoms with van der Waals surface area (Å²) in [6.45, 7) is 3.28. The summed E-state index contributed by atoms with van der Waals surface area (Å²) in [5.41, 5.74) is 8.33. The van der Waals surface area contributed by atoms with Crippen LogP contribution in [0.25, 0.3) is 0 Å². The number of ether oxygens (including phenoxy) is 2. The van der Waals surface area contributed by atoms with Gasteiger partial charge in [0.05, 0.1) is 20.8 Å². The Morgan fingerprint density at radius 1 is 1.10 bits per heavy atom. The highest BCUT2D eigenvalue weighted by molar-refractivity contribution is 5.78. The molecule has 0 radical (unpaired) electrons. The van der Waals surface area contributed by atoms with Crippen molar-refractivity contribution in [3.8, 4) is 11.5 Å². The zero-order valence-corrected chi connectivity index (χ0v) is 17.5. The predicted octanol–water partition coefficient (Wildman–Crippen LogP) is 2.34. The maximum atomic E-state index is 12.8. The second-order valence-electron chi connectivity index (χ2n) is 7.65. The Hall–Kier alpha value is -2.57. The summed E-state index contributed by atoms with van der Waals surface area (Å²) in [6, 6.07) is 16.2. The third kappa shape index (κ3) is 5.08. The molecule has 1 saturated heterocycles. The van der Waals surface area contributed by atoms with Crippen LogP contribution in [0.15, 0.2) is 48.5 Å². The summed E-state index contributed by atoms with van der Waals surface area (Å²) >= 11 is 0. The predicted molar refractivity (Wildman–Crippen MR) is 114 cm³/mol. The lowest BCUT2D eigenvalue weighted by molar-refractivity contribution is -0.131. The third-order valence-electron chi connectivity index (χ3n) is 5.70. The van der Waals surface area contributed by atoms with Crippen molar-refractivity contribution in [1.82, 2.24) is 9.80 Å². The molecular weight excluding hydrogens is 366 g/mol. The zero-order chi connectivity index (χ0) is 20.8. The Morgan fingerprint density at radius 3 is 2.48 bits per heavy atom. The summed E-state index contributed by atoms with van der Waals surface area (Å²) in [4.78, 5) is 16.8. The van der Waals surface area contributed by atoms with Crippen LogP contribution in [0.4, 0.5) is 0 Å². The number of benzene rings is 2. The summed E-state index contributed by atoms with van der Waals surface area (Å²) in [5.74, 6) is 2.21. The van der Waals surface area contributed by atoms with E-state index in [0.717, 1.165) is 18.7 Å². The van der Waals surface area contributed by atoms with E-state index in [4.69, 9.17) is 15.2 Å². The van der Waals surface area contributed by atoms with Gasteiger partial charge in [-0.2, -0.15) is 0 Å². The fourth-order valence-electron chi connectivity index (χ4n) is 4.06. The maximum Gasteiger partial charge on any atom is 0.236 e. The van der Waals surface area contributed by atoms with Crippen LogP contribution in [0, 0.1) is 5.92 Å². The molecule has 1 amide bonds. The number of carbonyl (C=O) groups is 1. The van der Waals surface area contributed by atoms with Crippen LogP contribution in [-0.4, -0.2) is 63.2 Å². The Bertz CT molecular complexity index is 812. The molecule has 1 aliphatic heterocycles. The van der Waals surface area contributed by atoms with Crippen LogP contribution in [0.3, 0.4) is 0 Å². The summed E-state index contributed by atoms with van der Waals surface area (Å²) < 4.78 is 10.6. The molecular formula is C23H31N3O3. The molecule has 6 nitrogen and oxygen atoms in total. The van der Waals surface area contributed by atoms with E-state index in [2.05, 4.69) is 29.2 Å². The zero-order valence-electron chi connectivity index (χ0n) is 17.5. The third-order valence-corrected chi connectivity index (χ3v) is 5.70. The molecule has 2 aromatic rings. The lowest BCUT2D eigenvalue weighted by Crippen LogP contribution is -2.37. The minimum Gasteiger partial charge on any atom is -0.493 e. The number of nitrogens with two attached hydrogens (primary N) is 1. The highest BCUT2D eigenvalue weighted by atomic mass is 16.5. The number of hydrogen-bond acceptors (Lipinski definition) is 5. The first kappa shape index (κ1) is 21.1. The average Bonchev–Trinajstić information content (AvgIpc) is 3.17. The van der Waals surface area contributed by atoms with E-state index in [9.17, 15) is 4.79 Å². The van der Waals surface area contributed by atoms with E-state index >= 15 is 0 Å². The number of amides is 1. The van der Waals surface area contributed by atoms with Crippen LogP contribution in [0.5, 0.6) is 11.5 Å². The fourth-order valence-corrected chi connectivity index (χ4v) is 4.06. The fraction of sp³-hybridized carbons (Fsp3) is 0.435. The van der Waals surface area contributed by atoms with Crippen molar-refractivity contribution < 1.29 is 14.3 Å². The molecule has 0 saturated carbocycles. The first-order valence-corrected chi connectivity index (χ1v) is 9.98. The van der Waals surface area contributed by atoms with Crippen molar-refractivity contribution in [2.45, 2.75) is 12.5 Å². The molecule has 0 spiro atoms. The Labute approximate surface area is 173 Å². The Balaban J connectivity index is 1.60. The van der Waals surface area contributed by atoms with Crippen LogP contribution >= 0.6 is 0 Å². The van der Waals surface area contributed by atoms with Gasteiger partial charge >= 0.3 is 0 Å². The summed E-state index contributed by atoms with van der Waals surface area (Å²) in [7, 11) is 5.06. The van der Waals surface area contributed by atoms with E-state index < -0.39 is 0 Å². The molecule has 1 heterocycles. The van der Waals surface area contributed by atoms with Crippen molar-refractivity contribution in [3.63, 3.8) is 0 Å².